The minimum absolute atomic E-state index is 0.0914. The molecule has 26 heavy (non-hydrogen) atoms. The molecule has 0 aliphatic carbocycles. The second-order valence-corrected chi connectivity index (χ2v) is 7.83. The molecule has 0 aromatic carbocycles. The van der Waals surface area contributed by atoms with Crippen LogP contribution in [-0.2, 0) is 19.5 Å². The quantitative estimate of drug-likeness (QED) is 0.284. The van der Waals surface area contributed by atoms with Gasteiger partial charge in [0.05, 0.1) is 12.1 Å². The Kier molecular flexibility index (Phi) is 5.46. The Balaban J connectivity index is 1.57. The number of carbonyl (C=O) groups excluding carboxylic acids is 2. The van der Waals surface area contributed by atoms with E-state index in [1.807, 2.05) is 0 Å². The molecule has 3 rings (SSSR count). The Bertz CT molecular complexity index is 692. The molecule has 0 spiro atoms. The van der Waals surface area contributed by atoms with E-state index in [9.17, 15) is 18.0 Å². The number of amidine groups is 1. The van der Waals surface area contributed by atoms with Crippen LogP contribution < -0.4 is 10.6 Å². The summed E-state index contributed by atoms with van der Waals surface area (Å²) < 4.78 is 34.9. The van der Waals surface area contributed by atoms with Crippen LogP contribution in [0.5, 0.6) is 0 Å². The van der Waals surface area contributed by atoms with Gasteiger partial charge in [0.2, 0.25) is 5.91 Å². The Hall–Kier alpha value is -1.76. The van der Waals surface area contributed by atoms with Crippen LogP contribution in [0.15, 0.2) is 0 Å². The first-order valence-corrected chi connectivity index (χ1v) is 9.99. The fraction of sp³-hybridized carbons (Fsp3) is 0.786. The van der Waals surface area contributed by atoms with Crippen LogP contribution in [0.2, 0.25) is 0 Å². The van der Waals surface area contributed by atoms with Crippen LogP contribution in [0.4, 0.5) is 4.79 Å². The summed E-state index contributed by atoms with van der Waals surface area (Å²) in [6.45, 7) is 1.05. The molecule has 1 unspecified atom stereocenters. The molecule has 3 fully saturated rings. The van der Waals surface area contributed by atoms with Gasteiger partial charge >= 0.3 is 16.4 Å². The molecule has 146 valence electrons. The second kappa shape index (κ2) is 7.47. The molecule has 11 nitrogen and oxygen atoms in total. The molecule has 3 saturated heterocycles. The van der Waals surface area contributed by atoms with E-state index in [0.717, 1.165) is 25.8 Å². The van der Waals surface area contributed by atoms with E-state index in [4.69, 9.17) is 9.96 Å². The van der Waals surface area contributed by atoms with Gasteiger partial charge in [-0.3, -0.25) is 14.8 Å². The Labute approximate surface area is 151 Å². The van der Waals surface area contributed by atoms with Crippen molar-refractivity contribution >= 4 is 28.2 Å². The van der Waals surface area contributed by atoms with Gasteiger partial charge in [-0.15, -0.1) is 4.28 Å². The molecule has 12 heteroatoms. The van der Waals surface area contributed by atoms with Gasteiger partial charge < -0.3 is 15.5 Å². The van der Waals surface area contributed by atoms with Crippen LogP contribution >= 0.6 is 0 Å². The summed E-state index contributed by atoms with van der Waals surface area (Å²) in [7, 11) is -4.80. The van der Waals surface area contributed by atoms with Gasteiger partial charge in [-0.1, -0.05) is 6.42 Å². The minimum atomic E-state index is -4.80. The van der Waals surface area contributed by atoms with Gasteiger partial charge in [-0.05, 0) is 32.2 Å². The van der Waals surface area contributed by atoms with Crippen molar-refractivity contribution in [3.05, 3.63) is 0 Å². The predicted octanol–water partition coefficient (Wildman–Crippen LogP) is -0.385. The number of nitrogens with zero attached hydrogens (tertiary/aromatic N) is 2. The molecule has 0 radical (unpaired) electrons. The second-order valence-electron chi connectivity index (χ2n) is 6.82. The molecule has 2 bridgehead atoms. The maximum absolute atomic E-state index is 12.3. The maximum atomic E-state index is 12.3. The molecule has 3 aliphatic heterocycles. The van der Waals surface area contributed by atoms with E-state index in [0.29, 0.717) is 17.9 Å². The molecule has 3 atom stereocenters. The average Bonchev–Trinajstić information content (AvgIpc) is 2.79. The van der Waals surface area contributed by atoms with Crippen LogP contribution in [0, 0.1) is 5.41 Å². The van der Waals surface area contributed by atoms with E-state index >= 15 is 0 Å². The lowest BCUT2D eigenvalue weighted by atomic mass is 9.99. The SMILES string of the molecule is N=C(NC(=O)CC1CCCCN1)[C@@H]1CC[C@@H]2CN1C(=O)N2OS(=O)(=O)O. The van der Waals surface area contributed by atoms with Crippen LogP contribution in [0.25, 0.3) is 0 Å². The molecule has 3 aliphatic rings. The summed E-state index contributed by atoms with van der Waals surface area (Å²) >= 11 is 0. The maximum Gasteiger partial charge on any atom is 0.418 e. The Morgan fingerprint density at radius 1 is 1.35 bits per heavy atom. The lowest BCUT2D eigenvalue weighted by Crippen LogP contribution is -2.51. The summed E-state index contributed by atoms with van der Waals surface area (Å²) in [6, 6.07) is -1.82. The molecule has 3 heterocycles. The number of piperidine rings is 2. The van der Waals surface area contributed by atoms with E-state index in [-0.39, 0.29) is 30.8 Å². The van der Waals surface area contributed by atoms with Crippen molar-refractivity contribution in [3.63, 3.8) is 0 Å². The highest BCUT2D eigenvalue weighted by molar-refractivity contribution is 7.80. The first-order valence-electron chi connectivity index (χ1n) is 8.63. The summed E-state index contributed by atoms with van der Waals surface area (Å²) in [5, 5.41) is 14.6. The first kappa shape index (κ1) is 19.0. The normalized spacial score (nSPS) is 29.0. The highest BCUT2D eigenvalue weighted by Crippen LogP contribution is 2.30. The number of hydrogen-bond acceptors (Lipinski definition) is 7. The van der Waals surface area contributed by atoms with Crippen molar-refractivity contribution in [1.82, 2.24) is 20.6 Å². The van der Waals surface area contributed by atoms with Crippen LogP contribution in [-0.4, -0.2) is 71.9 Å². The highest BCUT2D eigenvalue weighted by Gasteiger charge is 2.48. The Morgan fingerprint density at radius 3 is 2.77 bits per heavy atom. The Morgan fingerprint density at radius 2 is 2.12 bits per heavy atom. The number of urea groups is 1. The largest absolute Gasteiger partial charge is 0.418 e. The molecular formula is C14H23N5O6S. The van der Waals surface area contributed by atoms with Crippen molar-refractivity contribution < 1.29 is 26.8 Å². The molecule has 0 aromatic rings. The fourth-order valence-corrected chi connectivity index (χ4v) is 4.13. The number of amides is 3. The zero-order valence-electron chi connectivity index (χ0n) is 14.2. The number of rotatable bonds is 5. The molecule has 3 amide bonds. The van der Waals surface area contributed by atoms with Gasteiger partial charge in [0.15, 0.2) is 0 Å². The topological polar surface area (TPSA) is 152 Å². The van der Waals surface area contributed by atoms with Crippen LogP contribution in [0.1, 0.15) is 38.5 Å². The number of carbonyl (C=O) groups is 2. The lowest BCUT2D eigenvalue weighted by molar-refractivity contribution is -0.120. The van der Waals surface area contributed by atoms with Gasteiger partial charge in [0.1, 0.15) is 5.84 Å². The number of fused-ring (bicyclic) bond motifs is 2. The third-order valence-electron chi connectivity index (χ3n) is 4.95. The molecule has 0 saturated carbocycles. The van der Waals surface area contributed by atoms with E-state index in [1.165, 1.54) is 4.90 Å². The number of hydroxylamine groups is 2. The summed E-state index contributed by atoms with van der Waals surface area (Å²) in [6.07, 6.45) is 4.13. The van der Waals surface area contributed by atoms with Crippen molar-refractivity contribution in [3.8, 4) is 0 Å². The molecule has 4 N–H and O–H groups in total. The minimum Gasteiger partial charge on any atom is -0.313 e. The number of nitrogens with one attached hydrogen (secondary N) is 3. The van der Waals surface area contributed by atoms with E-state index < -0.39 is 28.5 Å². The smallest absolute Gasteiger partial charge is 0.313 e. The first-order chi connectivity index (χ1) is 12.2. The van der Waals surface area contributed by atoms with Crippen LogP contribution in [0.3, 0.4) is 0 Å². The van der Waals surface area contributed by atoms with Crippen molar-refractivity contribution in [2.45, 2.75) is 56.7 Å². The summed E-state index contributed by atoms with van der Waals surface area (Å²) in [4.78, 5) is 25.8. The van der Waals surface area contributed by atoms with E-state index in [1.54, 1.807) is 0 Å². The average molecular weight is 389 g/mol. The fourth-order valence-electron chi connectivity index (χ4n) is 3.74. The van der Waals surface area contributed by atoms with Gasteiger partial charge in [-0.2, -0.15) is 13.5 Å². The summed E-state index contributed by atoms with van der Waals surface area (Å²) in [5.41, 5.74) is 0. The van der Waals surface area contributed by atoms with Gasteiger partial charge in [0.25, 0.3) is 0 Å². The zero-order valence-corrected chi connectivity index (χ0v) is 15.0. The third kappa shape index (κ3) is 4.31. The zero-order chi connectivity index (χ0) is 18.9. The van der Waals surface area contributed by atoms with Crippen molar-refractivity contribution in [2.75, 3.05) is 13.1 Å². The van der Waals surface area contributed by atoms with Gasteiger partial charge in [0, 0.05) is 19.0 Å². The summed E-state index contributed by atoms with van der Waals surface area (Å²) in [5.74, 6) is -0.375. The molecule has 0 aromatic heterocycles. The standard InChI is InChI=1S/C14H23N5O6S/c15-13(17-12(20)7-9-3-1-2-6-16-9)11-5-4-10-8-18(11)14(21)19(10)25-26(22,23)24/h9-11,16H,1-8H2,(H2,15,17,20)(H,22,23,24)/t9?,10-,11+/m1/s1. The number of hydrogen-bond donors (Lipinski definition) is 4. The molecular weight excluding hydrogens is 366 g/mol. The van der Waals surface area contributed by atoms with Gasteiger partial charge in [-0.25, -0.2) is 4.79 Å². The lowest BCUT2D eigenvalue weighted by Gasteiger charge is -2.31. The van der Waals surface area contributed by atoms with E-state index in [2.05, 4.69) is 14.9 Å². The third-order valence-corrected chi connectivity index (χ3v) is 5.30. The highest BCUT2D eigenvalue weighted by atomic mass is 32.3. The monoisotopic (exact) mass is 389 g/mol. The van der Waals surface area contributed by atoms with Crippen molar-refractivity contribution in [1.29, 1.82) is 5.41 Å². The van der Waals surface area contributed by atoms with Crippen molar-refractivity contribution in [2.24, 2.45) is 0 Å². The predicted molar refractivity (Wildman–Crippen MR) is 89.5 cm³/mol.